The van der Waals surface area contributed by atoms with E-state index in [-0.39, 0.29) is 17.9 Å². The molecule has 166 valence electrons. The first-order valence-corrected chi connectivity index (χ1v) is 11.2. The molecule has 1 aromatic carbocycles. The van der Waals surface area contributed by atoms with E-state index in [0.717, 1.165) is 34.0 Å². The fourth-order valence-corrected chi connectivity index (χ4v) is 5.00. The molecule has 1 aliphatic heterocycles. The summed E-state index contributed by atoms with van der Waals surface area (Å²) in [5.74, 6) is 0.541. The first-order valence-electron chi connectivity index (χ1n) is 10.8. The molecule has 2 unspecified atom stereocenters. The number of thiocarbonyl (C=S) groups is 1. The molecule has 2 atom stereocenters. The van der Waals surface area contributed by atoms with Crippen LogP contribution in [0.2, 0.25) is 0 Å². The number of hydrogen-bond acceptors (Lipinski definition) is 3. The highest BCUT2D eigenvalue weighted by atomic mass is 32.1. The average molecular weight is 458 g/mol. The van der Waals surface area contributed by atoms with Gasteiger partial charge in [-0.3, -0.25) is 4.98 Å². The Hall–Kier alpha value is -3.58. The van der Waals surface area contributed by atoms with Crippen molar-refractivity contribution in [1.29, 1.82) is 0 Å². The van der Waals surface area contributed by atoms with Crippen molar-refractivity contribution in [1.82, 2.24) is 19.9 Å². The molecule has 5 nitrogen and oxygen atoms in total. The Morgan fingerprint density at radius 1 is 0.939 bits per heavy atom. The minimum atomic E-state index is -0.317. The number of nitrogens with one attached hydrogen (secondary N) is 1. The van der Waals surface area contributed by atoms with Crippen LogP contribution in [0.5, 0.6) is 0 Å². The van der Waals surface area contributed by atoms with E-state index in [4.69, 9.17) is 12.2 Å². The van der Waals surface area contributed by atoms with Crippen LogP contribution in [0.25, 0.3) is 5.82 Å². The second kappa shape index (κ2) is 8.41. The van der Waals surface area contributed by atoms with Crippen LogP contribution < -0.4 is 10.2 Å². The molecule has 1 N–H and O–H groups in total. The normalized spacial score (nSPS) is 17.9. The minimum Gasteiger partial charge on any atom is -0.351 e. The maximum atomic E-state index is 15.0. The smallest absolute Gasteiger partial charge is 0.174 e. The van der Waals surface area contributed by atoms with Gasteiger partial charge in [-0.2, -0.15) is 0 Å². The van der Waals surface area contributed by atoms with E-state index < -0.39 is 0 Å². The Balaban J connectivity index is 1.70. The van der Waals surface area contributed by atoms with Gasteiger partial charge in [-0.25, -0.2) is 9.37 Å². The van der Waals surface area contributed by atoms with Crippen molar-refractivity contribution in [2.24, 2.45) is 0 Å². The molecule has 4 heterocycles. The summed E-state index contributed by atoms with van der Waals surface area (Å²) in [5, 5.41) is 3.87. The van der Waals surface area contributed by atoms with Gasteiger partial charge >= 0.3 is 0 Å². The van der Waals surface area contributed by atoms with Gasteiger partial charge in [0.25, 0.3) is 0 Å². The standard InChI is InChI=1S/C26H24FN5S/c1-16-11-13-29-23(14-16)31-17(2)15-19(18(31)3)25-24(21-9-6-7-12-28-21)30-26(33)32(25)22-10-5-4-8-20(22)27/h4-15,24-25H,1-3H3,(H,30,33). The Kier molecular flexibility index (Phi) is 5.42. The minimum absolute atomic E-state index is 0.238. The molecular weight excluding hydrogens is 433 g/mol. The quantitative estimate of drug-likeness (QED) is 0.410. The van der Waals surface area contributed by atoms with Crippen molar-refractivity contribution in [3.63, 3.8) is 0 Å². The first kappa shape index (κ1) is 21.3. The van der Waals surface area contributed by atoms with Crippen LogP contribution >= 0.6 is 12.2 Å². The fraction of sp³-hybridized carbons (Fsp3) is 0.192. The third-order valence-corrected chi connectivity index (χ3v) is 6.44. The molecule has 0 aliphatic carbocycles. The summed E-state index contributed by atoms with van der Waals surface area (Å²) in [6, 6.07) is 18.2. The molecule has 0 amide bonds. The molecule has 5 rings (SSSR count). The van der Waals surface area contributed by atoms with Gasteiger partial charge in [-0.15, -0.1) is 0 Å². The van der Waals surface area contributed by atoms with E-state index in [9.17, 15) is 4.39 Å². The molecule has 33 heavy (non-hydrogen) atoms. The van der Waals surface area contributed by atoms with Gasteiger partial charge in [-0.05, 0) is 86.6 Å². The number of hydrogen-bond donors (Lipinski definition) is 1. The molecule has 3 aromatic heterocycles. The van der Waals surface area contributed by atoms with Gasteiger partial charge in [0, 0.05) is 23.8 Å². The summed E-state index contributed by atoms with van der Waals surface area (Å²) < 4.78 is 17.1. The number of para-hydroxylation sites is 1. The zero-order valence-electron chi connectivity index (χ0n) is 18.7. The van der Waals surface area contributed by atoms with Crippen molar-refractivity contribution >= 4 is 23.0 Å². The SMILES string of the molecule is Cc1ccnc(-n2c(C)cc(C3C(c4ccccn4)NC(=S)N3c3ccccc3F)c2C)c1. The Bertz CT molecular complexity index is 1330. The van der Waals surface area contributed by atoms with Gasteiger partial charge in [0.15, 0.2) is 5.11 Å². The van der Waals surface area contributed by atoms with Crippen LogP contribution in [0.1, 0.15) is 40.3 Å². The van der Waals surface area contributed by atoms with Crippen LogP contribution in [0.3, 0.4) is 0 Å². The second-order valence-corrected chi connectivity index (χ2v) is 8.69. The summed E-state index contributed by atoms with van der Waals surface area (Å²) in [6.07, 6.45) is 3.58. The topological polar surface area (TPSA) is 46.0 Å². The summed E-state index contributed by atoms with van der Waals surface area (Å²) in [4.78, 5) is 11.1. The van der Waals surface area contributed by atoms with E-state index in [0.29, 0.717) is 10.8 Å². The molecule has 1 aliphatic rings. The van der Waals surface area contributed by atoms with E-state index in [2.05, 4.69) is 52.8 Å². The monoisotopic (exact) mass is 457 g/mol. The predicted octanol–water partition coefficient (Wildman–Crippen LogP) is 5.51. The van der Waals surface area contributed by atoms with Gasteiger partial charge in [0.2, 0.25) is 0 Å². The number of halogens is 1. The second-order valence-electron chi connectivity index (χ2n) is 8.30. The highest BCUT2D eigenvalue weighted by Gasteiger charge is 2.43. The van der Waals surface area contributed by atoms with E-state index in [1.165, 1.54) is 6.07 Å². The maximum absolute atomic E-state index is 15.0. The van der Waals surface area contributed by atoms with E-state index in [1.54, 1.807) is 18.3 Å². The van der Waals surface area contributed by atoms with Crippen LogP contribution in [0.15, 0.2) is 73.1 Å². The molecule has 1 saturated heterocycles. The molecule has 4 aromatic rings. The molecular formula is C26H24FN5S. The maximum Gasteiger partial charge on any atom is 0.174 e. The van der Waals surface area contributed by atoms with Crippen LogP contribution in [-0.2, 0) is 0 Å². The van der Waals surface area contributed by atoms with E-state index in [1.807, 2.05) is 41.4 Å². The Morgan fingerprint density at radius 2 is 1.73 bits per heavy atom. The van der Waals surface area contributed by atoms with Gasteiger partial charge in [-0.1, -0.05) is 18.2 Å². The highest BCUT2D eigenvalue weighted by Crippen LogP contribution is 2.44. The van der Waals surface area contributed by atoms with Gasteiger partial charge in [0.05, 0.1) is 23.5 Å². The number of benzene rings is 1. The summed E-state index contributed by atoms with van der Waals surface area (Å²) in [5.41, 5.74) is 5.55. The zero-order valence-corrected chi connectivity index (χ0v) is 19.5. The van der Waals surface area contributed by atoms with Crippen molar-refractivity contribution < 1.29 is 4.39 Å². The van der Waals surface area contributed by atoms with Crippen molar-refractivity contribution in [3.8, 4) is 5.82 Å². The number of anilines is 1. The number of nitrogens with zero attached hydrogens (tertiary/aromatic N) is 4. The van der Waals surface area contributed by atoms with E-state index >= 15 is 0 Å². The first-order chi connectivity index (χ1) is 16.0. The summed E-state index contributed by atoms with van der Waals surface area (Å²) >= 11 is 5.73. The lowest BCUT2D eigenvalue weighted by Crippen LogP contribution is -2.30. The third-order valence-electron chi connectivity index (χ3n) is 6.13. The molecule has 1 fully saturated rings. The largest absolute Gasteiger partial charge is 0.351 e. The van der Waals surface area contributed by atoms with Gasteiger partial charge in [0.1, 0.15) is 11.6 Å². The zero-order chi connectivity index (χ0) is 23.1. The fourth-order valence-electron chi connectivity index (χ4n) is 4.66. The average Bonchev–Trinajstić information content (AvgIpc) is 3.30. The lowest BCUT2D eigenvalue weighted by molar-refractivity contribution is 0.556. The number of rotatable bonds is 4. The summed E-state index contributed by atoms with van der Waals surface area (Å²) in [7, 11) is 0. The lowest BCUT2D eigenvalue weighted by Gasteiger charge is -2.28. The lowest BCUT2D eigenvalue weighted by atomic mass is 9.96. The summed E-state index contributed by atoms with van der Waals surface area (Å²) in [6.45, 7) is 6.18. The number of pyridine rings is 2. The predicted molar refractivity (Wildman–Crippen MR) is 132 cm³/mol. The molecule has 0 spiro atoms. The molecule has 0 radical (unpaired) electrons. The van der Waals surface area contributed by atoms with Crippen molar-refractivity contribution in [2.45, 2.75) is 32.9 Å². The van der Waals surface area contributed by atoms with Crippen LogP contribution in [-0.4, -0.2) is 19.6 Å². The van der Waals surface area contributed by atoms with Crippen LogP contribution in [0, 0.1) is 26.6 Å². The third kappa shape index (κ3) is 3.68. The molecule has 0 saturated carbocycles. The number of aromatic nitrogens is 3. The number of aryl methyl sites for hydroxylation is 2. The van der Waals surface area contributed by atoms with Gasteiger partial charge < -0.3 is 14.8 Å². The van der Waals surface area contributed by atoms with Crippen molar-refractivity contribution in [3.05, 3.63) is 107 Å². The van der Waals surface area contributed by atoms with Crippen LogP contribution in [0.4, 0.5) is 10.1 Å². The molecule has 0 bridgehead atoms. The highest BCUT2D eigenvalue weighted by molar-refractivity contribution is 7.80. The Labute approximate surface area is 197 Å². The Morgan fingerprint density at radius 3 is 2.45 bits per heavy atom. The molecule has 7 heteroatoms. The van der Waals surface area contributed by atoms with Crippen molar-refractivity contribution in [2.75, 3.05) is 4.90 Å².